The van der Waals surface area contributed by atoms with Gasteiger partial charge >= 0.3 is 0 Å². The molecule has 1 saturated heterocycles. The lowest BCUT2D eigenvalue weighted by Gasteiger charge is -2.41. The van der Waals surface area contributed by atoms with Gasteiger partial charge in [0.05, 0.1) is 6.10 Å². The normalized spacial score (nSPS) is 28.5. The molecule has 0 spiro atoms. The largest absolute Gasteiger partial charge is 0.380 e. The van der Waals surface area contributed by atoms with Crippen molar-refractivity contribution in [3.63, 3.8) is 0 Å². The Balaban J connectivity index is 1.60. The van der Waals surface area contributed by atoms with Gasteiger partial charge in [-0.05, 0) is 37.7 Å². The highest BCUT2D eigenvalue weighted by Crippen LogP contribution is 2.36. The highest BCUT2D eigenvalue weighted by Gasteiger charge is 2.38. The summed E-state index contributed by atoms with van der Waals surface area (Å²) in [4.78, 5) is 2.68. The third-order valence-corrected chi connectivity index (χ3v) is 4.92. The number of nitrogens with one attached hydrogen (secondary N) is 1. The molecular formula is C18H28N2O. The minimum atomic E-state index is 0.321. The van der Waals surface area contributed by atoms with E-state index >= 15 is 0 Å². The van der Waals surface area contributed by atoms with E-state index in [4.69, 9.17) is 4.74 Å². The van der Waals surface area contributed by atoms with Gasteiger partial charge in [0, 0.05) is 38.8 Å². The van der Waals surface area contributed by atoms with Crippen molar-refractivity contribution in [2.75, 3.05) is 26.7 Å². The summed E-state index contributed by atoms with van der Waals surface area (Å²) in [5, 5.41) is 3.78. The molecule has 1 aromatic carbocycles. The summed E-state index contributed by atoms with van der Waals surface area (Å²) in [7, 11) is 1.82. The molecule has 1 aromatic rings. The first-order valence-corrected chi connectivity index (χ1v) is 8.30. The summed E-state index contributed by atoms with van der Waals surface area (Å²) < 4.78 is 5.49. The van der Waals surface area contributed by atoms with E-state index in [1.807, 2.05) is 7.11 Å². The summed E-state index contributed by atoms with van der Waals surface area (Å²) in [5.41, 5.74) is 1.43. The minimum Gasteiger partial charge on any atom is -0.380 e. The van der Waals surface area contributed by atoms with E-state index < -0.39 is 0 Å². The SMILES string of the molecule is COC(C)CN1CC(Cc2ccccc2)NCC1C1CC1. The molecular weight excluding hydrogens is 260 g/mol. The summed E-state index contributed by atoms with van der Waals surface area (Å²) in [6, 6.07) is 12.1. The molecule has 0 radical (unpaired) electrons. The van der Waals surface area contributed by atoms with Gasteiger partial charge in [-0.15, -0.1) is 0 Å². The first kappa shape index (κ1) is 15.0. The minimum absolute atomic E-state index is 0.321. The molecule has 116 valence electrons. The molecule has 3 unspecified atom stereocenters. The van der Waals surface area contributed by atoms with E-state index in [9.17, 15) is 0 Å². The number of methoxy groups -OCH3 is 1. The van der Waals surface area contributed by atoms with Crippen LogP contribution in [-0.2, 0) is 11.2 Å². The van der Waals surface area contributed by atoms with Crippen LogP contribution in [0.5, 0.6) is 0 Å². The van der Waals surface area contributed by atoms with Gasteiger partial charge in [0.2, 0.25) is 0 Å². The average Bonchev–Trinajstić information content (AvgIpc) is 3.33. The number of ether oxygens (including phenoxy) is 1. The van der Waals surface area contributed by atoms with Gasteiger partial charge in [-0.2, -0.15) is 0 Å². The van der Waals surface area contributed by atoms with Gasteiger partial charge in [0.25, 0.3) is 0 Å². The molecule has 1 heterocycles. The van der Waals surface area contributed by atoms with E-state index in [0.717, 1.165) is 38.0 Å². The maximum atomic E-state index is 5.49. The van der Waals surface area contributed by atoms with Crippen LogP contribution in [0.15, 0.2) is 30.3 Å². The monoisotopic (exact) mass is 288 g/mol. The number of benzene rings is 1. The number of hydrogen-bond acceptors (Lipinski definition) is 3. The molecule has 0 amide bonds. The third-order valence-electron chi connectivity index (χ3n) is 4.92. The maximum Gasteiger partial charge on any atom is 0.0670 e. The van der Waals surface area contributed by atoms with E-state index in [1.54, 1.807) is 0 Å². The van der Waals surface area contributed by atoms with Crippen LogP contribution in [0.1, 0.15) is 25.3 Å². The van der Waals surface area contributed by atoms with Crippen LogP contribution in [0.3, 0.4) is 0 Å². The molecule has 0 bridgehead atoms. The van der Waals surface area contributed by atoms with E-state index in [1.165, 1.54) is 18.4 Å². The molecule has 3 heteroatoms. The first-order chi connectivity index (χ1) is 10.3. The van der Waals surface area contributed by atoms with Crippen LogP contribution in [0.25, 0.3) is 0 Å². The molecule has 0 aromatic heterocycles. The number of nitrogens with zero attached hydrogens (tertiary/aromatic N) is 1. The zero-order chi connectivity index (χ0) is 14.7. The highest BCUT2D eigenvalue weighted by atomic mass is 16.5. The Morgan fingerprint density at radius 1 is 1.29 bits per heavy atom. The Hall–Kier alpha value is -0.900. The molecule has 2 fully saturated rings. The van der Waals surface area contributed by atoms with Crippen LogP contribution < -0.4 is 5.32 Å². The first-order valence-electron chi connectivity index (χ1n) is 8.30. The predicted octanol–water partition coefficient (Wildman–Crippen LogP) is 2.32. The molecule has 3 atom stereocenters. The summed E-state index contributed by atoms with van der Waals surface area (Å²) in [5.74, 6) is 0.916. The van der Waals surface area contributed by atoms with Crippen molar-refractivity contribution >= 4 is 0 Å². The quantitative estimate of drug-likeness (QED) is 0.869. The topological polar surface area (TPSA) is 24.5 Å². The summed E-state index contributed by atoms with van der Waals surface area (Å²) in [6.45, 7) is 5.52. The predicted molar refractivity (Wildman–Crippen MR) is 86.5 cm³/mol. The average molecular weight is 288 g/mol. The maximum absolute atomic E-state index is 5.49. The van der Waals surface area contributed by atoms with Crippen LogP contribution in [0.4, 0.5) is 0 Å². The van der Waals surface area contributed by atoms with E-state index in [-0.39, 0.29) is 0 Å². The molecule has 1 aliphatic heterocycles. The Morgan fingerprint density at radius 3 is 2.71 bits per heavy atom. The van der Waals surface area contributed by atoms with Crippen molar-refractivity contribution in [2.24, 2.45) is 5.92 Å². The Labute approximate surface area is 128 Å². The lowest BCUT2D eigenvalue weighted by molar-refractivity contribution is 0.0351. The van der Waals surface area contributed by atoms with Crippen molar-refractivity contribution in [1.82, 2.24) is 10.2 Å². The Morgan fingerprint density at radius 2 is 2.05 bits per heavy atom. The fraction of sp³-hybridized carbons (Fsp3) is 0.667. The van der Waals surface area contributed by atoms with E-state index in [2.05, 4.69) is 47.5 Å². The van der Waals surface area contributed by atoms with Crippen molar-refractivity contribution < 1.29 is 4.74 Å². The van der Waals surface area contributed by atoms with E-state index in [0.29, 0.717) is 12.1 Å². The zero-order valence-corrected chi connectivity index (χ0v) is 13.3. The number of rotatable bonds is 6. The van der Waals surface area contributed by atoms with Crippen molar-refractivity contribution in [1.29, 1.82) is 0 Å². The third kappa shape index (κ3) is 4.06. The van der Waals surface area contributed by atoms with Gasteiger partial charge in [-0.25, -0.2) is 0 Å². The molecule has 1 N–H and O–H groups in total. The molecule has 21 heavy (non-hydrogen) atoms. The van der Waals surface area contributed by atoms with Crippen LogP contribution in [-0.4, -0.2) is 49.8 Å². The second-order valence-corrected chi connectivity index (χ2v) is 6.70. The lowest BCUT2D eigenvalue weighted by Crippen LogP contribution is -2.59. The Bertz CT molecular complexity index is 432. The van der Waals surface area contributed by atoms with Crippen molar-refractivity contribution in [3.8, 4) is 0 Å². The summed E-state index contributed by atoms with van der Waals surface area (Å²) in [6.07, 6.45) is 4.26. The second kappa shape index (κ2) is 6.91. The standard InChI is InChI=1S/C18H28N2O/c1-14(21-2)12-20-13-17(10-15-6-4-3-5-7-15)19-11-18(20)16-8-9-16/h3-7,14,16-19H,8-13H2,1-2H3. The second-order valence-electron chi connectivity index (χ2n) is 6.70. The van der Waals surface area contributed by atoms with Crippen LogP contribution >= 0.6 is 0 Å². The number of piperazine rings is 1. The van der Waals surface area contributed by atoms with Gasteiger partial charge in [0.1, 0.15) is 0 Å². The summed E-state index contributed by atoms with van der Waals surface area (Å²) >= 11 is 0. The zero-order valence-electron chi connectivity index (χ0n) is 13.3. The van der Waals surface area contributed by atoms with Crippen molar-refractivity contribution in [3.05, 3.63) is 35.9 Å². The number of hydrogen-bond donors (Lipinski definition) is 1. The van der Waals surface area contributed by atoms with Crippen LogP contribution in [0, 0.1) is 5.92 Å². The lowest BCUT2D eigenvalue weighted by atomic mass is 9.99. The van der Waals surface area contributed by atoms with Crippen molar-refractivity contribution in [2.45, 2.75) is 44.4 Å². The molecule has 1 aliphatic carbocycles. The Kier molecular flexibility index (Phi) is 4.94. The van der Waals surface area contributed by atoms with Gasteiger partial charge in [-0.1, -0.05) is 30.3 Å². The van der Waals surface area contributed by atoms with Gasteiger partial charge in [0.15, 0.2) is 0 Å². The molecule has 3 rings (SSSR count). The molecule has 1 saturated carbocycles. The smallest absolute Gasteiger partial charge is 0.0670 e. The van der Waals surface area contributed by atoms with Crippen LogP contribution in [0.2, 0.25) is 0 Å². The van der Waals surface area contributed by atoms with Gasteiger partial charge in [-0.3, -0.25) is 4.90 Å². The molecule has 3 nitrogen and oxygen atoms in total. The fourth-order valence-corrected chi connectivity index (χ4v) is 3.50. The molecule has 2 aliphatic rings. The highest BCUT2D eigenvalue weighted by molar-refractivity contribution is 5.16. The fourth-order valence-electron chi connectivity index (χ4n) is 3.50. The van der Waals surface area contributed by atoms with Gasteiger partial charge < -0.3 is 10.1 Å².